The Morgan fingerprint density at radius 3 is 2.29 bits per heavy atom. The number of anilines is 1. The summed E-state index contributed by atoms with van der Waals surface area (Å²) < 4.78 is 45.1. The second-order valence-corrected chi connectivity index (χ2v) is 9.19. The lowest BCUT2D eigenvalue weighted by atomic mass is 10.2. The van der Waals surface area contributed by atoms with Crippen LogP contribution in [0.3, 0.4) is 0 Å². The van der Waals surface area contributed by atoms with Crippen LogP contribution < -0.4 is 10.2 Å². The van der Waals surface area contributed by atoms with Crippen molar-refractivity contribution in [2.45, 2.75) is 52.1 Å². The van der Waals surface area contributed by atoms with E-state index >= 15 is 0 Å². The van der Waals surface area contributed by atoms with Crippen LogP contribution in [0.2, 0.25) is 0 Å². The van der Waals surface area contributed by atoms with Crippen LogP contribution in [-0.2, 0) is 17.5 Å². The van der Waals surface area contributed by atoms with E-state index < -0.39 is 23.4 Å². The molecule has 186 valence electrons. The monoisotopic (exact) mass is 482 g/mol. The number of alkyl carbamates (subject to hydrolysis) is 1. The number of hydrogen-bond acceptors (Lipinski definition) is 6. The molecule has 2 amide bonds. The number of nitrogens with one attached hydrogen (secondary N) is 1. The molecule has 1 unspecified atom stereocenters. The largest absolute Gasteiger partial charge is 0.444 e. The summed E-state index contributed by atoms with van der Waals surface area (Å²) in [5.41, 5.74) is -0.964. The summed E-state index contributed by atoms with van der Waals surface area (Å²) in [4.78, 5) is 35.8. The number of nitrogens with zero attached hydrogens (tertiary/aromatic N) is 5. The normalized spacial score (nSPS) is 15.7. The number of alkyl halides is 3. The van der Waals surface area contributed by atoms with E-state index in [1.54, 1.807) is 49.0 Å². The number of hydrogen-bond donors (Lipinski definition) is 1. The maximum Gasteiger partial charge on any atom is 0.419 e. The number of carbonyl (C=O) groups excluding carboxylic acids is 2. The minimum absolute atomic E-state index is 0.139. The Bertz CT molecular complexity index is 993. The predicted octanol–water partition coefficient (Wildman–Crippen LogP) is 3.17. The second-order valence-electron chi connectivity index (χ2n) is 9.19. The minimum atomic E-state index is -4.48. The summed E-state index contributed by atoms with van der Waals surface area (Å²) in [6, 6.07) is 1.51. The van der Waals surface area contributed by atoms with Crippen molar-refractivity contribution in [2.24, 2.45) is 0 Å². The van der Waals surface area contributed by atoms with E-state index in [1.807, 2.05) is 11.5 Å². The van der Waals surface area contributed by atoms with Gasteiger partial charge >= 0.3 is 12.3 Å². The Morgan fingerprint density at radius 1 is 1.12 bits per heavy atom. The molecule has 3 heterocycles. The number of aromatic nitrogens is 3. The molecular formula is C22H29F3N6O3. The third-order valence-corrected chi connectivity index (χ3v) is 5.06. The average molecular weight is 483 g/mol. The molecule has 2 aromatic rings. The van der Waals surface area contributed by atoms with Gasteiger partial charge < -0.3 is 24.4 Å². The Hall–Kier alpha value is -3.31. The van der Waals surface area contributed by atoms with Gasteiger partial charge in [0.2, 0.25) is 5.95 Å². The van der Waals surface area contributed by atoms with E-state index in [0.717, 1.165) is 12.4 Å². The number of piperazine rings is 1. The summed E-state index contributed by atoms with van der Waals surface area (Å²) >= 11 is 0. The van der Waals surface area contributed by atoms with Gasteiger partial charge in [0, 0.05) is 63.6 Å². The highest BCUT2D eigenvalue weighted by Gasteiger charge is 2.32. The molecular weight excluding hydrogens is 453 g/mol. The first-order valence-electron chi connectivity index (χ1n) is 10.9. The van der Waals surface area contributed by atoms with E-state index in [2.05, 4.69) is 15.3 Å². The van der Waals surface area contributed by atoms with Crippen LogP contribution in [-0.4, -0.2) is 69.3 Å². The molecule has 0 bridgehead atoms. The summed E-state index contributed by atoms with van der Waals surface area (Å²) in [6.45, 7) is 9.28. The lowest BCUT2D eigenvalue weighted by molar-refractivity contribution is -0.138. The van der Waals surface area contributed by atoms with Crippen molar-refractivity contribution in [2.75, 3.05) is 31.1 Å². The number of amides is 2. The fourth-order valence-electron chi connectivity index (χ4n) is 3.47. The topological polar surface area (TPSA) is 92.6 Å². The first-order chi connectivity index (χ1) is 15.8. The van der Waals surface area contributed by atoms with Crippen LogP contribution >= 0.6 is 0 Å². The van der Waals surface area contributed by atoms with Crippen molar-refractivity contribution in [1.82, 2.24) is 24.8 Å². The molecule has 0 aliphatic carbocycles. The highest BCUT2D eigenvalue weighted by Crippen LogP contribution is 2.28. The lowest BCUT2D eigenvalue weighted by Crippen LogP contribution is -2.49. The Balaban J connectivity index is 1.50. The molecule has 0 saturated carbocycles. The highest BCUT2D eigenvalue weighted by atomic mass is 19.4. The third-order valence-electron chi connectivity index (χ3n) is 5.06. The van der Waals surface area contributed by atoms with E-state index in [4.69, 9.17) is 4.74 Å². The van der Waals surface area contributed by atoms with Gasteiger partial charge in [0.05, 0.1) is 11.1 Å². The molecule has 1 aliphatic rings. The molecule has 34 heavy (non-hydrogen) atoms. The smallest absolute Gasteiger partial charge is 0.419 e. The summed E-state index contributed by atoms with van der Waals surface area (Å²) in [7, 11) is 0. The molecule has 1 aliphatic heterocycles. The Morgan fingerprint density at radius 2 is 1.74 bits per heavy atom. The first kappa shape index (κ1) is 25.3. The van der Waals surface area contributed by atoms with E-state index in [0.29, 0.717) is 38.3 Å². The van der Waals surface area contributed by atoms with Crippen LogP contribution in [0.25, 0.3) is 0 Å². The molecule has 9 nitrogen and oxygen atoms in total. The van der Waals surface area contributed by atoms with Crippen molar-refractivity contribution in [3.05, 3.63) is 42.0 Å². The second kappa shape index (κ2) is 9.90. The Kier molecular flexibility index (Phi) is 7.37. The van der Waals surface area contributed by atoms with E-state index in [1.165, 1.54) is 0 Å². The van der Waals surface area contributed by atoms with Crippen molar-refractivity contribution in [3.63, 3.8) is 0 Å². The van der Waals surface area contributed by atoms with Crippen LogP contribution in [0.15, 0.2) is 30.9 Å². The zero-order chi connectivity index (χ0) is 25.1. The maximum atomic E-state index is 12.9. The van der Waals surface area contributed by atoms with Crippen LogP contribution in [0.1, 0.15) is 43.6 Å². The number of ether oxygens (including phenoxy) is 1. The number of carbonyl (C=O) groups is 2. The molecule has 12 heteroatoms. The van der Waals surface area contributed by atoms with Gasteiger partial charge in [0.1, 0.15) is 5.60 Å². The van der Waals surface area contributed by atoms with Crippen LogP contribution in [0, 0.1) is 0 Å². The van der Waals surface area contributed by atoms with Gasteiger partial charge in [-0.3, -0.25) is 4.79 Å². The molecule has 3 rings (SSSR count). The molecule has 1 N–H and O–H groups in total. The quantitative estimate of drug-likeness (QED) is 0.704. The summed E-state index contributed by atoms with van der Waals surface area (Å²) in [5, 5.41) is 2.76. The SMILES string of the molecule is CC(Cn1ccc(C(=O)N2CCN(c3ncc(C(F)(F)F)cn3)CC2)c1)NC(=O)OC(C)(C)C. The van der Waals surface area contributed by atoms with E-state index in [-0.39, 0.29) is 17.9 Å². The molecule has 1 atom stereocenters. The van der Waals surface area contributed by atoms with Crippen molar-refractivity contribution in [3.8, 4) is 0 Å². The third kappa shape index (κ3) is 6.84. The van der Waals surface area contributed by atoms with Gasteiger partial charge in [-0.25, -0.2) is 14.8 Å². The first-order valence-corrected chi connectivity index (χ1v) is 10.9. The molecule has 0 radical (unpaired) electrons. The van der Waals surface area contributed by atoms with Crippen molar-refractivity contribution < 1.29 is 27.5 Å². The average Bonchev–Trinajstić information content (AvgIpc) is 3.19. The molecule has 1 fully saturated rings. The molecule has 2 aromatic heterocycles. The van der Waals surface area contributed by atoms with Crippen LogP contribution in [0.4, 0.5) is 23.9 Å². The lowest BCUT2D eigenvalue weighted by Gasteiger charge is -2.34. The van der Waals surface area contributed by atoms with Gasteiger partial charge in [0.25, 0.3) is 5.91 Å². The zero-order valence-electron chi connectivity index (χ0n) is 19.6. The highest BCUT2D eigenvalue weighted by molar-refractivity contribution is 5.94. The fourth-order valence-corrected chi connectivity index (χ4v) is 3.47. The minimum Gasteiger partial charge on any atom is -0.444 e. The van der Waals surface area contributed by atoms with E-state index in [9.17, 15) is 22.8 Å². The Labute approximate surface area is 195 Å². The molecule has 0 aromatic carbocycles. The van der Waals surface area contributed by atoms with Gasteiger partial charge in [-0.2, -0.15) is 13.2 Å². The zero-order valence-corrected chi connectivity index (χ0v) is 19.6. The number of halogens is 3. The summed E-state index contributed by atoms with van der Waals surface area (Å²) in [5.74, 6) is 0.0669. The van der Waals surface area contributed by atoms with Crippen molar-refractivity contribution >= 4 is 17.9 Å². The van der Waals surface area contributed by atoms with Gasteiger partial charge in [0.15, 0.2) is 0 Å². The molecule has 0 spiro atoms. The standard InChI is InChI=1S/C22H29F3N6O3/c1-15(28-20(33)34-21(2,3)4)13-29-6-5-16(14-29)18(32)30-7-9-31(10-8-30)19-26-11-17(12-27-19)22(23,24)25/h5-6,11-12,14-15H,7-10,13H2,1-4H3,(H,28,33). The van der Waals surface area contributed by atoms with Crippen LogP contribution in [0.5, 0.6) is 0 Å². The van der Waals surface area contributed by atoms with Gasteiger partial charge in [-0.15, -0.1) is 0 Å². The maximum absolute atomic E-state index is 12.9. The summed E-state index contributed by atoms with van der Waals surface area (Å²) in [6.07, 6.45) is 0.0400. The predicted molar refractivity (Wildman–Crippen MR) is 118 cm³/mol. The van der Waals surface area contributed by atoms with Gasteiger partial charge in [-0.05, 0) is 33.8 Å². The number of rotatable bonds is 5. The van der Waals surface area contributed by atoms with Gasteiger partial charge in [-0.1, -0.05) is 0 Å². The molecule has 1 saturated heterocycles. The van der Waals surface area contributed by atoms with Crippen molar-refractivity contribution in [1.29, 1.82) is 0 Å². The fraction of sp³-hybridized carbons (Fsp3) is 0.545.